The van der Waals surface area contributed by atoms with Crippen molar-refractivity contribution >= 4 is 0 Å². The molecule has 102 valence electrons. The number of ether oxygens (including phenoxy) is 3. The summed E-state index contributed by atoms with van der Waals surface area (Å²) >= 11 is 0. The van der Waals surface area contributed by atoms with E-state index < -0.39 is 0 Å². The Labute approximate surface area is 105 Å². The molecule has 1 aliphatic rings. The van der Waals surface area contributed by atoms with Gasteiger partial charge in [0.05, 0.1) is 6.10 Å². The molecule has 4 heteroatoms. The predicted octanol–water partition coefficient (Wildman–Crippen LogP) is 1.93. The molecule has 1 heterocycles. The molecule has 17 heavy (non-hydrogen) atoms. The zero-order valence-electron chi connectivity index (χ0n) is 11.2. The molecular formula is C13H27NO3. The normalized spacial score (nSPS) is 21.0. The average molecular weight is 245 g/mol. The molecule has 4 nitrogen and oxygen atoms in total. The van der Waals surface area contributed by atoms with Gasteiger partial charge in [0.25, 0.3) is 0 Å². The van der Waals surface area contributed by atoms with E-state index in [0.717, 1.165) is 26.1 Å². The third-order valence-corrected chi connectivity index (χ3v) is 2.93. The van der Waals surface area contributed by atoms with Crippen LogP contribution in [0.2, 0.25) is 0 Å². The van der Waals surface area contributed by atoms with E-state index in [4.69, 9.17) is 14.2 Å². The third kappa shape index (κ3) is 6.99. The van der Waals surface area contributed by atoms with Crippen molar-refractivity contribution in [3.8, 4) is 0 Å². The van der Waals surface area contributed by atoms with E-state index in [0.29, 0.717) is 19.3 Å². The molecule has 0 saturated carbocycles. The van der Waals surface area contributed by atoms with Crippen molar-refractivity contribution in [2.24, 2.45) is 0 Å². The number of hydrogen-bond acceptors (Lipinski definition) is 4. The fourth-order valence-electron chi connectivity index (χ4n) is 2.06. The first-order valence-electron chi connectivity index (χ1n) is 6.92. The van der Waals surface area contributed by atoms with Crippen LogP contribution in [0.4, 0.5) is 0 Å². The lowest BCUT2D eigenvalue weighted by molar-refractivity contribution is -0.133. The van der Waals surface area contributed by atoms with Crippen LogP contribution in [0.25, 0.3) is 0 Å². The summed E-state index contributed by atoms with van der Waals surface area (Å²) in [5.74, 6) is 0. The van der Waals surface area contributed by atoms with E-state index in [9.17, 15) is 0 Å². The number of hydrogen-bond donors (Lipinski definition) is 1. The van der Waals surface area contributed by atoms with Gasteiger partial charge in [-0.25, -0.2) is 0 Å². The van der Waals surface area contributed by atoms with E-state index in [2.05, 4.69) is 5.32 Å². The van der Waals surface area contributed by atoms with Gasteiger partial charge in [-0.05, 0) is 46.1 Å². The van der Waals surface area contributed by atoms with Crippen LogP contribution >= 0.6 is 0 Å². The highest BCUT2D eigenvalue weighted by atomic mass is 16.7. The van der Waals surface area contributed by atoms with Gasteiger partial charge in [0.15, 0.2) is 6.29 Å². The molecule has 0 bridgehead atoms. The fraction of sp³-hybridized carbons (Fsp3) is 1.00. The molecule has 0 amide bonds. The van der Waals surface area contributed by atoms with Crippen molar-refractivity contribution < 1.29 is 14.2 Å². The highest BCUT2D eigenvalue weighted by Crippen LogP contribution is 2.14. The summed E-state index contributed by atoms with van der Waals surface area (Å²) in [7, 11) is 0. The second kappa shape index (κ2) is 9.83. The predicted molar refractivity (Wildman–Crippen MR) is 68.1 cm³/mol. The molecule has 0 aromatic heterocycles. The van der Waals surface area contributed by atoms with Gasteiger partial charge in [-0.3, -0.25) is 0 Å². The Hall–Kier alpha value is -0.160. The van der Waals surface area contributed by atoms with Crippen molar-refractivity contribution in [2.75, 3.05) is 32.9 Å². The van der Waals surface area contributed by atoms with E-state index >= 15 is 0 Å². The largest absolute Gasteiger partial charge is 0.378 e. The Kier molecular flexibility index (Phi) is 8.61. The van der Waals surface area contributed by atoms with Gasteiger partial charge in [0, 0.05) is 26.4 Å². The minimum absolute atomic E-state index is 0.114. The molecule has 0 spiro atoms. The minimum Gasteiger partial charge on any atom is -0.378 e. The molecule has 1 aliphatic heterocycles. The Balaban J connectivity index is 2.00. The van der Waals surface area contributed by atoms with Crippen molar-refractivity contribution in [2.45, 2.75) is 51.9 Å². The SMILES string of the molecule is CCOC(CNCCC1CCCCO1)OCC. The van der Waals surface area contributed by atoms with Gasteiger partial charge in [-0.1, -0.05) is 0 Å². The lowest BCUT2D eigenvalue weighted by Gasteiger charge is -2.23. The van der Waals surface area contributed by atoms with Crippen molar-refractivity contribution in [3.63, 3.8) is 0 Å². The highest BCUT2D eigenvalue weighted by molar-refractivity contribution is 4.65. The third-order valence-electron chi connectivity index (χ3n) is 2.93. The van der Waals surface area contributed by atoms with E-state index in [1.165, 1.54) is 19.3 Å². The van der Waals surface area contributed by atoms with E-state index in [1.54, 1.807) is 0 Å². The van der Waals surface area contributed by atoms with E-state index in [-0.39, 0.29) is 6.29 Å². The molecule has 1 rings (SSSR count). The maximum Gasteiger partial charge on any atom is 0.169 e. The lowest BCUT2D eigenvalue weighted by Crippen LogP contribution is -2.34. The minimum atomic E-state index is -0.114. The van der Waals surface area contributed by atoms with Crippen LogP contribution in [0.1, 0.15) is 39.5 Å². The molecular weight excluding hydrogens is 218 g/mol. The first-order valence-corrected chi connectivity index (χ1v) is 6.92. The van der Waals surface area contributed by atoms with Crippen molar-refractivity contribution in [1.29, 1.82) is 0 Å². The Morgan fingerprint density at radius 1 is 1.24 bits per heavy atom. The number of rotatable bonds is 9. The molecule has 0 aliphatic carbocycles. The summed E-state index contributed by atoms with van der Waals surface area (Å²) in [5, 5.41) is 3.37. The summed E-state index contributed by atoms with van der Waals surface area (Å²) in [4.78, 5) is 0. The zero-order valence-corrected chi connectivity index (χ0v) is 11.2. The van der Waals surface area contributed by atoms with Crippen LogP contribution in [-0.4, -0.2) is 45.3 Å². The van der Waals surface area contributed by atoms with Crippen LogP contribution in [0.5, 0.6) is 0 Å². The Bertz CT molecular complexity index is 166. The summed E-state index contributed by atoms with van der Waals surface area (Å²) in [5.41, 5.74) is 0. The molecule has 1 unspecified atom stereocenters. The van der Waals surface area contributed by atoms with Crippen molar-refractivity contribution in [3.05, 3.63) is 0 Å². The molecule has 1 N–H and O–H groups in total. The molecule has 1 atom stereocenters. The molecule has 0 aromatic rings. The van der Waals surface area contributed by atoms with Gasteiger partial charge < -0.3 is 19.5 Å². The van der Waals surface area contributed by atoms with Crippen LogP contribution in [-0.2, 0) is 14.2 Å². The summed E-state index contributed by atoms with van der Waals surface area (Å²) in [6.45, 7) is 8.03. The first kappa shape index (κ1) is 14.9. The summed E-state index contributed by atoms with van der Waals surface area (Å²) in [6.07, 6.45) is 5.17. The average Bonchev–Trinajstić information content (AvgIpc) is 2.36. The van der Waals surface area contributed by atoms with Gasteiger partial charge in [-0.15, -0.1) is 0 Å². The first-order chi connectivity index (χ1) is 8.36. The van der Waals surface area contributed by atoms with Gasteiger partial charge >= 0.3 is 0 Å². The quantitative estimate of drug-likeness (QED) is 0.498. The molecule has 0 radical (unpaired) electrons. The standard InChI is InChI=1S/C13H27NO3/c1-3-15-13(16-4-2)11-14-9-8-12-7-5-6-10-17-12/h12-14H,3-11H2,1-2H3. The topological polar surface area (TPSA) is 39.7 Å². The van der Waals surface area contributed by atoms with Gasteiger partial charge in [0.1, 0.15) is 0 Å². The fourth-order valence-corrected chi connectivity index (χ4v) is 2.06. The second-order valence-electron chi connectivity index (χ2n) is 4.32. The van der Waals surface area contributed by atoms with Crippen molar-refractivity contribution in [1.82, 2.24) is 5.32 Å². The van der Waals surface area contributed by atoms with Crippen LogP contribution in [0, 0.1) is 0 Å². The highest BCUT2D eigenvalue weighted by Gasteiger charge is 2.13. The summed E-state index contributed by atoms with van der Waals surface area (Å²) in [6, 6.07) is 0. The Morgan fingerprint density at radius 2 is 2.00 bits per heavy atom. The summed E-state index contributed by atoms with van der Waals surface area (Å²) < 4.78 is 16.6. The monoisotopic (exact) mass is 245 g/mol. The van der Waals surface area contributed by atoms with Crippen LogP contribution in [0.3, 0.4) is 0 Å². The van der Waals surface area contributed by atoms with Crippen LogP contribution < -0.4 is 5.32 Å². The molecule has 1 saturated heterocycles. The number of nitrogens with one attached hydrogen (secondary N) is 1. The molecule has 1 fully saturated rings. The second-order valence-corrected chi connectivity index (χ2v) is 4.32. The molecule has 0 aromatic carbocycles. The lowest BCUT2D eigenvalue weighted by atomic mass is 10.1. The van der Waals surface area contributed by atoms with Gasteiger partial charge in [-0.2, -0.15) is 0 Å². The van der Waals surface area contributed by atoms with Crippen LogP contribution in [0.15, 0.2) is 0 Å². The zero-order chi connectivity index (χ0) is 12.3. The Morgan fingerprint density at radius 3 is 2.59 bits per heavy atom. The van der Waals surface area contributed by atoms with E-state index in [1.807, 2.05) is 13.8 Å². The van der Waals surface area contributed by atoms with Gasteiger partial charge in [0.2, 0.25) is 0 Å². The maximum absolute atomic E-state index is 5.68. The maximum atomic E-state index is 5.68. The smallest absolute Gasteiger partial charge is 0.169 e.